The van der Waals surface area contributed by atoms with E-state index in [0.29, 0.717) is 31.5 Å². The van der Waals surface area contributed by atoms with Gasteiger partial charge in [-0.3, -0.25) is 4.79 Å². The predicted octanol–water partition coefficient (Wildman–Crippen LogP) is 1.42. The first-order chi connectivity index (χ1) is 9.79. The number of carboxylic acids is 1. The molecule has 0 aromatic carbocycles. The van der Waals surface area contributed by atoms with Crippen LogP contribution in [0.2, 0.25) is 0 Å². The van der Waals surface area contributed by atoms with Gasteiger partial charge in [0, 0.05) is 26.2 Å². The van der Waals surface area contributed by atoms with Crippen molar-refractivity contribution in [1.29, 1.82) is 0 Å². The van der Waals surface area contributed by atoms with E-state index in [9.17, 15) is 9.59 Å². The molecule has 1 saturated carbocycles. The SMILES string of the molecule is CC(C)CN(CCN(C)C)C(=O)N(CC(=O)O)CC1CC1. The van der Waals surface area contributed by atoms with Crippen molar-refractivity contribution in [1.82, 2.24) is 14.7 Å². The van der Waals surface area contributed by atoms with Gasteiger partial charge in [0.2, 0.25) is 0 Å². The fourth-order valence-electron chi connectivity index (χ4n) is 2.21. The van der Waals surface area contributed by atoms with Crippen LogP contribution in [0.15, 0.2) is 0 Å². The normalized spacial score (nSPS) is 14.6. The Morgan fingerprint density at radius 1 is 1.14 bits per heavy atom. The Hall–Kier alpha value is -1.30. The van der Waals surface area contributed by atoms with Gasteiger partial charge in [0.15, 0.2) is 0 Å². The van der Waals surface area contributed by atoms with E-state index in [1.807, 2.05) is 19.0 Å². The molecule has 1 fully saturated rings. The van der Waals surface area contributed by atoms with Gasteiger partial charge in [-0.15, -0.1) is 0 Å². The van der Waals surface area contributed by atoms with Crippen LogP contribution in [0.3, 0.4) is 0 Å². The number of amides is 2. The van der Waals surface area contributed by atoms with Crippen LogP contribution in [0, 0.1) is 11.8 Å². The quantitative estimate of drug-likeness (QED) is 0.699. The van der Waals surface area contributed by atoms with E-state index >= 15 is 0 Å². The summed E-state index contributed by atoms with van der Waals surface area (Å²) in [7, 11) is 3.94. The van der Waals surface area contributed by atoms with Crippen LogP contribution in [0.25, 0.3) is 0 Å². The van der Waals surface area contributed by atoms with Gasteiger partial charge in [0.1, 0.15) is 6.54 Å². The van der Waals surface area contributed by atoms with Crippen LogP contribution in [-0.2, 0) is 4.79 Å². The molecule has 0 radical (unpaired) electrons. The van der Waals surface area contributed by atoms with Crippen molar-refractivity contribution in [2.75, 3.05) is 46.8 Å². The lowest BCUT2D eigenvalue weighted by Crippen LogP contribution is -2.49. The van der Waals surface area contributed by atoms with Gasteiger partial charge in [-0.05, 0) is 38.8 Å². The number of aliphatic carboxylic acids is 1. The van der Waals surface area contributed by atoms with Gasteiger partial charge in [0.05, 0.1) is 0 Å². The number of hydrogen-bond donors (Lipinski definition) is 1. The third-order valence-electron chi connectivity index (χ3n) is 3.45. The summed E-state index contributed by atoms with van der Waals surface area (Å²) in [6, 6.07) is -0.139. The minimum absolute atomic E-state index is 0.139. The number of nitrogens with zero attached hydrogens (tertiary/aromatic N) is 3. The molecule has 0 saturated heterocycles. The highest BCUT2D eigenvalue weighted by Crippen LogP contribution is 2.30. The van der Waals surface area contributed by atoms with E-state index < -0.39 is 5.97 Å². The summed E-state index contributed by atoms with van der Waals surface area (Å²) >= 11 is 0. The molecule has 0 aliphatic heterocycles. The number of carboxylic acid groups (broad SMARTS) is 1. The molecular weight excluding hydrogens is 270 g/mol. The van der Waals surface area contributed by atoms with E-state index in [0.717, 1.165) is 19.4 Å². The summed E-state index contributed by atoms with van der Waals surface area (Å²) in [5.41, 5.74) is 0. The van der Waals surface area contributed by atoms with Crippen LogP contribution in [0.5, 0.6) is 0 Å². The average Bonchev–Trinajstić information content (AvgIpc) is 3.15. The third-order valence-corrected chi connectivity index (χ3v) is 3.45. The Kier molecular flexibility index (Phi) is 6.95. The van der Waals surface area contributed by atoms with Crippen molar-refractivity contribution in [3.8, 4) is 0 Å². The Morgan fingerprint density at radius 2 is 1.76 bits per heavy atom. The van der Waals surface area contributed by atoms with E-state index in [1.54, 1.807) is 4.90 Å². The molecule has 0 bridgehead atoms. The Balaban J connectivity index is 2.68. The first-order valence-corrected chi connectivity index (χ1v) is 7.70. The summed E-state index contributed by atoms with van der Waals surface area (Å²) in [5.74, 6) is -0.0899. The Morgan fingerprint density at radius 3 is 2.19 bits per heavy atom. The largest absolute Gasteiger partial charge is 0.480 e. The van der Waals surface area contributed by atoms with E-state index in [1.165, 1.54) is 4.90 Å². The molecule has 21 heavy (non-hydrogen) atoms. The fourth-order valence-corrected chi connectivity index (χ4v) is 2.21. The first kappa shape index (κ1) is 17.8. The molecule has 6 nitrogen and oxygen atoms in total. The molecule has 122 valence electrons. The zero-order valence-corrected chi connectivity index (χ0v) is 13.7. The number of urea groups is 1. The second-order valence-corrected chi connectivity index (χ2v) is 6.64. The number of rotatable bonds is 9. The van der Waals surface area contributed by atoms with Crippen LogP contribution in [-0.4, -0.2) is 78.6 Å². The number of hydrogen-bond acceptors (Lipinski definition) is 3. The number of likely N-dealkylation sites (N-methyl/N-ethyl adjacent to an activating group) is 1. The van der Waals surface area contributed by atoms with Crippen molar-refractivity contribution < 1.29 is 14.7 Å². The molecule has 1 aliphatic carbocycles. The number of carbonyl (C=O) groups excluding carboxylic acids is 1. The summed E-state index contributed by atoms with van der Waals surface area (Å²) < 4.78 is 0. The predicted molar refractivity (Wildman–Crippen MR) is 82.3 cm³/mol. The minimum Gasteiger partial charge on any atom is -0.480 e. The standard InChI is InChI=1S/C15H29N3O3/c1-12(2)9-17(8-7-16(3)4)15(21)18(11-14(19)20)10-13-5-6-13/h12-13H,5-11H2,1-4H3,(H,19,20). The van der Waals surface area contributed by atoms with E-state index in [-0.39, 0.29) is 12.6 Å². The summed E-state index contributed by atoms with van der Waals surface area (Å²) in [4.78, 5) is 29.0. The third kappa shape index (κ3) is 7.32. The van der Waals surface area contributed by atoms with Gasteiger partial charge >= 0.3 is 12.0 Å². The maximum absolute atomic E-state index is 12.7. The molecule has 0 heterocycles. The zero-order chi connectivity index (χ0) is 16.0. The highest BCUT2D eigenvalue weighted by Gasteiger charge is 2.30. The van der Waals surface area contributed by atoms with Crippen LogP contribution in [0.4, 0.5) is 4.79 Å². The van der Waals surface area contributed by atoms with Gasteiger partial charge in [-0.25, -0.2) is 4.79 Å². The lowest BCUT2D eigenvalue weighted by atomic mass is 10.2. The summed E-state index contributed by atoms with van der Waals surface area (Å²) in [5, 5.41) is 9.03. The van der Waals surface area contributed by atoms with E-state index in [4.69, 9.17) is 5.11 Å². The molecule has 0 aromatic rings. The monoisotopic (exact) mass is 299 g/mol. The smallest absolute Gasteiger partial charge is 0.323 e. The van der Waals surface area contributed by atoms with E-state index in [2.05, 4.69) is 13.8 Å². The topological polar surface area (TPSA) is 64.1 Å². The highest BCUT2D eigenvalue weighted by atomic mass is 16.4. The van der Waals surface area contributed by atoms with Crippen LogP contribution >= 0.6 is 0 Å². The number of carbonyl (C=O) groups is 2. The van der Waals surface area contributed by atoms with Crippen molar-refractivity contribution in [3.63, 3.8) is 0 Å². The zero-order valence-electron chi connectivity index (χ0n) is 13.7. The second kappa shape index (κ2) is 8.22. The molecule has 1 aliphatic rings. The van der Waals surface area contributed by atoms with Gasteiger partial charge < -0.3 is 19.8 Å². The molecular formula is C15H29N3O3. The maximum atomic E-state index is 12.7. The summed E-state index contributed by atoms with van der Waals surface area (Å²) in [6.45, 7) is 6.57. The molecule has 0 unspecified atom stereocenters. The van der Waals surface area contributed by atoms with Gasteiger partial charge in [0.25, 0.3) is 0 Å². The van der Waals surface area contributed by atoms with Crippen LogP contribution in [0.1, 0.15) is 26.7 Å². The second-order valence-electron chi connectivity index (χ2n) is 6.64. The van der Waals surface area contributed by atoms with Crippen LogP contribution < -0.4 is 0 Å². The average molecular weight is 299 g/mol. The van der Waals surface area contributed by atoms with Gasteiger partial charge in [-0.2, -0.15) is 0 Å². The molecule has 1 N–H and O–H groups in total. The maximum Gasteiger partial charge on any atom is 0.323 e. The molecule has 0 aromatic heterocycles. The molecule has 6 heteroatoms. The molecule has 0 atom stereocenters. The highest BCUT2D eigenvalue weighted by molar-refractivity contribution is 5.80. The Bertz CT molecular complexity index is 354. The van der Waals surface area contributed by atoms with Crippen molar-refractivity contribution >= 4 is 12.0 Å². The lowest BCUT2D eigenvalue weighted by Gasteiger charge is -2.31. The lowest BCUT2D eigenvalue weighted by molar-refractivity contribution is -0.137. The molecule has 2 amide bonds. The Labute approximate surface area is 127 Å². The molecule has 0 spiro atoms. The molecule has 1 rings (SSSR count). The van der Waals surface area contributed by atoms with Crippen molar-refractivity contribution in [3.05, 3.63) is 0 Å². The summed E-state index contributed by atoms with van der Waals surface area (Å²) in [6.07, 6.45) is 2.20. The van der Waals surface area contributed by atoms with Crippen molar-refractivity contribution in [2.24, 2.45) is 11.8 Å². The van der Waals surface area contributed by atoms with Crippen molar-refractivity contribution in [2.45, 2.75) is 26.7 Å². The fraction of sp³-hybridized carbons (Fsp3) is 0.867. The minimum atomic E-state index is -0.943. The van der Waals surface area contributed by atoms with Gasteiger partial charge in [-0.1, -0.05) is 13.8 Å². The first-order valence-electron chi connectivity index (χ1n) is 7.70.